The molecule has 10 heteroatoms. The van der Waals surface area contributed by atoms with Crippen LogP contribution in [0.3, 0.4) is 0 Å². The van der Waals surface area contributed by atoms with Gasteiger partial charge in [0.15, 0.2) is 10.9 Å². The lowest BCUT2D eigenvalue weighted by atomic mass is 10.2. The molecule has 2 heterocycles. The summed E-state index contributed by atoms with van der Waals surface area (Å²) in [5.74, 6) is 0.978. The summed E-state index contributed by atoms with van der Waals surface area (Å²) in [6, 6.07) is 19.1. The van der Waals surface area contributed by atoms with Gasteiger partial charge in [0.2, 0.25) is 11.7 Å². The van der Waals surface area contributed by atoms with Crippen molar-refractivity contribution in [3.05, 3.63) is 78.6 Å². The number of alkyl halides is 2. The van der Waals surface area contributed by atoms with Gasteiger partial charge in [-0.2, -0.15) is 8.78 Å². The van der Waals surface area contributed by atoms with Crippen molar-refractivity contribution >= 4 is 23.4 Å². The van der Waals surface area contributed by atoms with E-state index in [0.717, 1.165) is 5.56 Å². The SMILES string of the molecule is O=C(CSc1nnc(-c2ccco2)n1Cc1ccccc1)Nc1ccc(OC(F)F)cc1. The molecule has 1 N–H and O–H groups in total. The van der Waals surface area contributed by atoms with Gasteiger partial charge in [-0.05, 0) is 42.0 Å². The molecule has 7 nitrogen and oxygen atoms in total. The van der Waals surface area contributed by atoms with E-state index in [2.05, 4.69) is 20.3 Å². The molecule has 164 valence electrons. The third-order valence-corrected chi connectivity index (χ3v) is 5.30. The van der Waals surface area contributed by atoms with Crippen molar-refractivity contribution in [2.24, 2.45) is 0 Å². The molecule has 0 aliphatic carbocycles. The highest BCUT2D eigenvalue weighted by molar-refractivity contribution is 7.99. The van der Waals surface area contributed by atoms with Crippen LogP contribution in [0.4, 0.5) is 14.5 Å². The number of ether oxygens (including phenoxy) is 1. The normalized spacial score (nSPS) is 11.0. The first-order valence-corrected chi connectivity index (χ1v) is 10.6. The number of carbonyl (C=O) groups excluding carboxylic acids is 1. The lowest BCUT2D eigenvalue weighted by Gasteiger charge is -2.10. The maximum Gasteiger partial charge on any atom is 0.387 e. The van der Waals surface area contributed by atoms with Gasteiger partial charge in [0.25, 0.3) is 0 Å². The van der Waals surface area contributed by atoms with E-state index in [0.29, 0.717) is 29.0 Å². The van der Waals surface area contributed by atoms with Crippen LogP contribution in [0, 0.1) is 0 Å². The average molecular weight is 456 g/mol. The maximum atomic E-state index is 12.4. The second-order valence-electron chi connectivity index (χ2n) is 6.59. The molecule has 4 rings (SSSR count). The van der Waals surface area contributed by atoms with Crippen LogP contribution in [0.5, 0.6) is 5.75 Å². The van der Waals surface area contributed by atoms with E-state index in [-0.39, 0.29) is 17.4 Å². The molecule has 0 saturated carbocycles. The molecule has 0 atom stereocenters. The molecule has 32 heavy (non-hydrogen) atoms. The van der Waals surface area contributed by atoms with Crippen molar-refractivity contribution in [1.82, 2.24) is 14.8 Å². The molecule has 2 aromatic heterocycles. The van der Waals surface area contributed by atoms with E-state index < -0.39 is 6.61 Å². The van der Waals surface area contributed by atoms with Crippen LogP contribution in [0.1, 0.15) is 5.56 Å². The molecular weight excluding hydrogens is 438 g/mol. The average Bonchev–Trinajstić information content (AvgIpc) is 3.44. The molecule has 0 aliphatic heterocycles. The van der Waals surface area contributed by atoms with Gasteiger partial charge in [0.1, 0.15) is 5.75 Å². The Bertz CT molecular complexity index is 1150. The molecule has 4 aromatic rings. The second-order valence-corrected chi connectivity index (χ2v) is 7.54. The zero-order chi connectivity index (χ0) is 22.3. The quantitative estimate of drug-likeness (QED) is 0.360. The number of anilines is 1. The predicted molar refractivity (Wildman–Crippen MR) is 116 cm³/mol. The number of carbonyl (C=O) groups is 1. The summed E-state index contributed by atoms with van der Waals surface area (Å²) >= 11 is 1.24. The number of halogens is 2. The van der Waals surface area contributed by atoms with Gasteiger partial charge in [-0.1, -0.05) is 42.1 Å². The number of benzene rings is 2. The third kappa shape index (κ3) is 5.52. The second kappa shape index (κ2) is 10.1. The van der Waals surface area contributed by atoms with E-state index in [1.54, 1.807) is 18.4 Å². The van der Waals surface area contributed by atoms with Gasteiger partial charge in [-0.3, -0.25) is 9.36 Å². The predicted octanol–water partition coefficient (Wildman–Crippen LogP) is 4.92. The van der Waals surface area contributed by atoms with Crippen LogP contribution in [0.15, 0.2) is 82.6 Å². The number of amides is 1. The minimum atomic E-state index is -2.90. The monoisotopic (exact) mass is 456 g/mol. The fraction of sp³-hybridized carbons (Fsp3) is 0.136. The molecule has 0 spiro atoms. The standard InChI is InChI=1S/C22H18F2N4O3S/c23-21(24)31-17-10-8-16(9-11-17)25-19(29)14-32-22-27-26-20(18-7-4-12-30-18)28(22)13-15-5-2-1-3-6-15/h1-12,21H,13-14H2,(H,25,29). The third-order valence-electron chi connectivity index (χ3n) is 4.34. The van der Waals surface area contributed by atoms with Crippen molar-refractivity contribution < 1.29 is 22.7 Å². The Balaban J connectivity index is 1.44. The van der Waals surface area contributed by atoms with Gasteiger partial charge in [0, 0.05) is 5.69 Å². The number of hydrogen-bond donors (Lipinski definition) is 1. The first-order chi connectivity index (χ1) is 15.6. The number of thioether (sulfide) groups is 1. The molecule has 0 saturated heterocycles. The largest absolute Gasteiger partial charge is 0.461 e. The minimum absolute atomic E-state index is 0.0202. The maximum absolute atomic E-state index is 12.4. The van der Waals surface area contributed by atoms with Gasteiger partial charge in [-0.15, -0.1) is 10.2 Å². The zero-order valence-corrected chi connectivity index (χ0v) is 17.5. The number of nitrogens with one attached hydrogen (secondary N) is 1. The highest BCUT2D eigenvalue weighted by atomic mass is 32.2. The summed E-state index contributed by atoms with van der Waals surface area (Å²) in [6.07, 6.45) is 1.56. The van der Waals surface area contributed by atoms with E-state index in [9.17, 15) is 13.6 Å². The number of aromatic nitrogens is 3. The van der Waals surface area contributed by atoms with Crippen molar-refractivity contribution in [2.75, 3.05) is 11.1 Å². The summed E-state index contributed by atoms with van der Waals surface area (Å²) in [6.45, 7) is -2.38. The summed E-state index contributed by atoms with van der Waals surface area (Å²) < 4.78 is 36.2. The molecule has 0 unspecified atom stereocenters. The van der Waals surface area contributed by atoms with Crippen LogP contribution in [-0.4, -0.2) is 33.0 Å². The Morgan fingerprint density at radius 2 is 1.84 bits per heavy atom. The summed E-state index contributed by atoms with van der Waals surface area (Å²) in [7, 11) is 0. The topological polar surface area (TPSA) is 82.2 Å². The number of nitrogens with zero attached hydrogens (tertiary/aromatic N) is 3. The number of furan rings is 1. The molecule has 0 radical (unpaired) electrons. The van der Waals surface area contributed by atoms with E-state index in [1.807, 2.05) is 34.9 Å². The molecular formula is C22H18F2N4O3S. The summed E-state index contributed by atoms with van der Waals surface area (Å²) in [5.41, 5.74) is 1.52. The van der Waals surface area contributed by atoms with Crippen LogP contribution in [-0.2, 0) is 11.3 Å². The van der Waals surface area contributed by atoms with Crippen molar-refractivity contribution in [1.29, 1.82) is 0 Å². The Hall–Kier alpha value is -3.66. The van der Waals surface area contributed by atoms with Crippen LogP contribution < -0.4 is 10.1 Å². The van der Waals surface area contributed by atoms with E-state index in [1.165, 1.54) is 36.0 Å². The highest BCUT2D eigenvalue weighted by Gasteiger charge is 2.18. The minimum Gasteiger partial charge on any atom is -0.461 e. The number of hydrogen-bond acceptors (Lipinski definition) is 6. The molecule has 2 aromatic carbocycles. The Morgan fingerprint density at radius 3 is 2.53 bits per heavy atom. The summed E-state index contributed by atoms with van der Waals surface area (Å²) in [4.78, 5) is 12.4. The fourth-order valence-electron chi connectivity index (χ4n) is 2.94. The van der Waals surface area contributed by atoms with E-state index in [4.69, 9.17) is 4.42 Å². The van der Waals surface area contributed by atoms with Gasteiger partial charge >= 0.3 is 6.61 Å². The van der Waals surface area contributed by atoms with Gasteiger partial charge in [0.05, 0.1) is 18.6 Å². The Labute approximate surface area is 186 Å². The zero-order valence-electron chi connectivity index (χ0n) is 16.7. The Kier molecular flexibility index (Phi) is 6.81. The lowest BCUT2D eigenvalue weighted by Crippen LogP contribution is -2.15. The first kappa shape index (κ1) is 21.6. The van der Waals surface area contributed by atoms with Crippen LogP contribution in [0.2, 0.25) is 0 Å². The van der Waals surface area contributed by atoms with E-state index >= 15 is 0 Å². The summed E-state index contributed by atoms with van der Waals surface area (Å²) in [5, 5.41) is 11.8. The molecule has 1 amide bonds. The lowest BCUT2D eigenvalue weighted by molar-refractivity contribution is -0.113. The fourth-order valence-corrected chi connectivity index (χ4v) is 3.68. The van der Waals surface area contributed by atoms with Crippen molar-refractivity contribution in [2.45, 2.75) is 18.3 Å². The van der Waals surface area contributed by atoms with Crippen LogP contribution >= 0.6 is 11.8 Å². The van der Waals surface area contributed by atoms with Gasteiger partial charge < -0.3 is 14.5 Å². The smallest absolute Gasteiger partial charge is 0.387 e. The van der Waals surface area contributed by atoms with Crippen molar-refractivity contribution in [3.8, 4) is 17.3 Å². The molecule has 0 fully saturated rings. The molecule has 0 bridgehead atoms. The van der Waals surface area contributed by atoms with Gasteiger partial charge in [-0.25, -0.2) is 0 Å². The van der Waals surface area contributed by atoms with Crippen LogP contribution in [0.25, 0.3) is 11.6 Å². The first-order valence-electron chi connectivity index (χ1n) is 9.57. The number of rotatable bonds is 9. The highest BCUT2D eigenvalue weighted by Crippen LogP contribution is 2.26. The molecule has 0 aliphatic rings. The Morgan fingerprint density at radius 1 is 1.06 bits per heavy atom. The van der Waals surface area contributed by atoms with Crippen molar-refractivity contribution in [3.63, 3.8) is 0 Å².